The van der Waals surface area contributed by atoms with Crippen molar-refractivity contribution in [3.63, 3.8) is 0 Å². The maximum Gasteiger partial charge on any atom is 0.127 e. The molecule has 1 fully saturated rings. The zero-order chi connectivity index (χ0) is 11.4. The van der Waals surface area contributed by atoms with Gasteiger partial charge in [-0.05, 0) is 26.0 Å². The first-order valence-electron chi connectivity index (χ1n) is 5.90. The molecule has 2 rings (SSSR count). The van der Waals surface area contributed by atoms with E-state index in [0.717, 1.165) is 25.9 Å². The third-order valence-corrected chi connectivity index (χ3v) is 3.47. The normalized spacial score (nSPS) is 19.1. The standard InChI is InChI=1S/C13H19NO2/c1-14(8-12-4-7-16-9-12)10-13(11-15)5-2-3-6-13/h4,7,9,11H,2-3,5-6,8,10H2,1H3. The van der Waals surface area contributed by atoms with Crippen LogP contribution in [0.25, 0.3) is 0 Å². The lowest BCUT2D eigenvalue weighted by atomic mass is 9.87. The number of aldehydes is 1. The number of rotatable bonds is 5. The van der Waals surface area contributed by atoms with Crippen LogP contribution in [0, 0.1) is 5.41 Å². The molecule has 1 aliphatic rings. The monoisotopic (exact) mass is 221 g/mol. The molecule has 0 saturated heterocycles. The minimum Gasteiger partial charge on any atom is -0.472 e. The van der Waals surface area contributed by atoms with Crippen molar-refractivity contribution in [3.8, 4) is 0 Å². The van der Waals surface area contributed by atoms with E-state index in [0.29, 0.717) is 0 Å². The molecule has 0 bridgehead atoms. The Morgan fingerprint density at radius 1 is 1.50 bits per heavy atom. The van der Waals surface area contributed by atoms with Crippen LogP contribution >= 0.6 is 0 Å². The average Bonchev–Trinajstić information content (AvgIpc) is 2.90. The second kappa shape index (κ2) is 4.83. The molecule has 0 amide bonds. The Morgan fingerprint density at radius 2 is 2.25 bits per heavy atom. The zero-order valence-corrected chi connectivity index (χ0v) is 9.82. The molecule has 0 unspecified atom stereocenters. The van der Waals surface area contributed by atoms with Crippen LogP contribution in [0.1, 0.15) is 31.2 Å². The van der Waals surface area contributed by atoms with Gasteiger partial charge in [-0.25, -0.2) is 0 Å². The Morgan fingerprint density at radius 3 is 2.81 bits per heavy atom. The molecule has 1 aromatic rings. The summed E-state index contributed by atoms with van der Waals surface area (Å²) >= 11 is 0. The van der Waals surface area contributed by atoms with E-state index in [4.69, 9.17) is 4.42 Å². The largest absolute Gasteiger partial charge is 0.472 e. The third-order valence-electron chi connectivity index (χ3n) is 3.47. The highest BCUT2D eigenvalue weighted by molar-refractivity contribution is 5.60. The summed E-state index contributed by atoms with van der Waals surface area (Å²) in [4.78, 5) is 13.4. The van der Waals surface area contributed by atoms with Crippen LogP contribution in [0.15, 0.2) is 23.0 Å². The average molecular weight is 221 g/mol. The number of hydrogen-bond donors (Lipinski definition) is 0. The first kappa shape index (κ1) is 11.4. The van der Waals surface area contributed by atoms with Gasteiger partial charge in [0.15, 0.2) is 0 Å². The molecule has 0 atom stereocenters. The van der Waals surface area contributed by atoms with Crippen LogP contribution in [-0.4, -0.2) is 24.8 Å². The fourth-order valence-corrected chi connectivity index (χ4v) is 2.68. The van der Waals surface area contributed by atoms with Gasteiger partial charge in [-0.1, -0.05) is 12.8 Å². The maximum atomic E-state index is 11.2. The summed E-state index contributed by atoms with van der Waals surface area (Å²) in [6, 6.07) is 1.97. The van der Waals surface area contributed by atoms with Gasteiger partial charge in [-0.3, -0.25) is 0 Å². The van der Waals surface area contributed by atoms with E-state index in [9.17, 15) is 4.79 Å². The van der Waals surface area contributed by atoms with Gasteiger partial charge < -0.3 is 14.1 Å². The van der Waals surface area contributed by atoms with Gasteiger partial charge in [0.25, 0.3) is 0 Å². The van der Waals surface area contributed by atoms with Crippen LogP contribution in [0.2, 0.25) is 0 Å². The van der Waals surface area contributed by atoms with E-state index >= 15 is 0 Å². The van der Waals surface area contributed by atoms with Gasteiger partial charge in [0.05, 0.1) is 12.5 Å². The van der Waals surface area contributed by atoms with Gasteiger partial charge in [0.2, 0.25) is 0 Å². The van der Waals surface area contributed by atoms with Crippen molar-refractivity contribution in [2.75, 3.05) is 13.6 Å². The Hall–Kier alpha value is -1.09. The van der Waals surface area contributed by atoms with E-state index in [2.05, 4.69) is 11.9 Å². The summed E-state index contributed by atoms with van der Waals surface area (Å²) in [5.41, 5.74) is 1.08. The zero-order valence-electron chi connectivity index (χ0n) is 9.82. The summed E-state index contributed by atoms with van der Waals surface area (Å²) in [5.74, 6) is 0. The predicted octanol–water partition coefficient (Wildman–Crippen LogP) is 2.47. The van der Waals surface area contributed by atoms with E-state index in [1.165, 1.54) is 24.7 Å². The highest BCUT2D eigenvalue weighted by Gasteiger charge is 2.34. The molecule has 1 heterocycles. The Bertz CT molecular complexity index is 326. The molecule has 88 valence electrons. The molecular weight excluding hydrogens is 202 g/mol. The van der Waals surface area contributed by atoms with Crippen LogP contribution in [0.4, 0.5) is 0 Å². The van der Waals surface area contributed by atoms with Crippen molar-refractivity contribution in [1.29, 1.82) is 0 Å². The van der Waals surface area contributed by atoms with Crippen LogP contribution in [0.5, 0.6) is 0 Å². The molecule has 0 aliphatic heterocycles. The van der Waals surface area contributed by atoms with E-state index in [-0.39, 0.29) is 5.41 Å². The van der Waals surface area contributed by atoms with Crippen molar-refractivity contribution in [2.24, 2.45) is 5.41 Å². The lowest BCUT2D eigenvalue weighted by molar-refractivity contribution is -0.116. The highest BCUT2D eigenvalue weighted by Crippen LogP contribution is 2.36. The summed E-state index contributed by atoms with van der Waals surface area (Å²) in [6.45, 7) is 1.72. The molecule has 16 heavy (non-hydrogen) atoms. The quantitative estimate of drug-likeness (QED) is 0.716. The molecule has 1 saturated carbocycles. The summed E-state index contributed by atoms with van der Waals surface area (Å²) in [7, 11) is 2.07. The van der Waals surface area contributed by atoms with Crippen LogP contribution in [-0.2, 0) is 11.3 Å². The third kappa shape index (κ3) is 2.53. The molecule has 3 heteroatoms. The van der Waals surface area contributed by atoms with E-state index in [1.54, 1.807) is 12.5 Å². The lowest BCUT2D eigenvalue weighted by Crippen LogP contribution is -2.34. The second-order valence-electron chi connectivity index (χ2n) is 4.99. The molecule has 0 spiro atoms. The summed E-state index contributed by atoms with van der Waals surface area (Å²) < 4.78 is 5.04. The number of carbonyl (C=O) groups is 1. The van der Waals surface area contributed by atoms with Crippen LogP contribution < -0.4 is 0 Å². The lowest BCUT2D eigenvalue weighted by Gasteiger charge is -2.28. The van der Waals surface area contributed by atoms with Gasteiger partial charge >= 0.3 is 0 Å². The van der Waals surface area contributed by atoms with Crippen molar-refractivity contribution in [3.05, 3.63) is 24.2 Å². The molecule has 3 nitrogen and oxygen atoms in total. The second-order valence-corrected chi connectivity index (χ2v) is 4.99. The predicted molar refractivity (Wildman–Crippen MR) is 62.0 cm³/mol. The first-order valence-corrected chi connectivity index (χ1v) is 5.90. The van der Waals surface area contributed by atoms with Gasteiger partial charge in [0, 0.05) is 24.1 Å². The Kier molecular flexibility index (Phi) is 3.44. The smallest absolute Gasteiger partial charge is 0.127 e. The minimum atomic E-state index is -0.0848. The van der Waals surface area contributed by atoms with Gasteiger partial charge in [-0.2, -0.15) is 0 Å². The molecule has 0 radical (unpaired) electrons. The van der Waals surface area contributed by atoms with Crippen LogP contribution in [0.3, 0.4) is 0 Å². The molecular formula is C13H19NO2. The Balaban J connectivity index is 1.90. The van der Waals surface area contributed by atoms with Crippen molar-refractivity contribution in [1.82, 2.24) is 4.90 Å². The number of carbonyl (C=O) groups excluding carboxylic acids is 1. The van der Waals surface area contributed by atoms with Gasteiger partial charge in [0.1, 0.15) is 6.29 Å². The topological polar surface area (TPSA) is 33.5 Å². The minimum absolute atomic E-state index is 0.0848. The number of hydrogen-bond acceptors (Lipinski definition) is 3. The molecule has 1 aliphatic carbocycles. The molecule has 1 aromatic heterocycles. The van der Waals surface area contributed by atoms with Crippen molar-refractivity contribution >= 4 is 6.29 Å². The fourth-order valence-electron chi connectivity index (χ4n) is 2.68. The SMILES string of the molecule is CN(Cc1ccoc1)CC1(C=O)CCCC1. The van der Waals surface area contributed by atoms with Crippen molar-refractivity contribution < 1.29 is 9.21 Å². The van der Waals surface area contributed by atoms with E-state index in [1.807, 2.05) is 6.07 Å². The number of nitrogens with zero attached hydrogens (tertiary/aromatic N) is 1. The Labute approximate surface area is 96.4 Å². The first-order chi connectivity index (χ1) is 7.74. The molecule has 0 aromatic carbocycles. The maximum absolute atomic E-state index is 11.2. The number of furan rings is 1. The van der Waals surface area contributed by atoms with E-state index < -0.39 is 0 Å². The van der Waals surface area contributed by atoms with Gasteiger partial charge in [-0.15, -0.1) is 0 Å². The molecule has 0 N–H and O–H groups in total. The van der Waals surface area contributed by atoms with Crippen molar-refractivity contribution in [2.45, 2.75) is 32.2 Å². The highest BCUT2D eigenvalue weighted by atomic mass is 16.3. The summed E-state index contributed by atoms with van der Waals surface area (Å²) in [6.07, 6.45) is 9.11. The summed E-state index contributed by atoms with van der Waals surface area (Å²) in [5, 5.41) is 0. The fraction of sp³-hybridized carbons (Fsp3) is 0.615.